The molecule has 2 heteroatoms. The van der Waals surface area contributed by atoms with Crippen LogP contribution in [-0.2, 0) is 6.42 Å². The van der Waals surface area contributed by atoms with Gasteiger partial charge in [-0.3, -0.25) is 0 Å². The van der Waals surface area contributed by atoms with Crippen LogP contribution in [0.4, 0.5) is 5.82 Å². The van der Waals surface area contributed by atoms with Crippen molar-refractivity contribution in [2.24, 2.45) is 0 Å². The van der Waals surface area contributed by atoms with Crippen LogP contribution in [0.2, 0.25) is 0 Å². The van der Waals surface area contributed by atoms with Gasteiger partial charge < -0.3 is 9.30 Å². The number of hydrogen-bond donors (Lipinski definition) is 0. The molecule has 2 aromatic rings. The highest BCUT2D eigenvalue weighted by Gasteiger charge is 2.17. The smallest absolute Gasteiger partial charge is 0.116 e. The van der Waals surface area contributed by atoms with Crippen molar-refractivity contribution >= 4 is 11.3 Å². The van der Waals surface area contributed by atoms with Gasteiger partial charge in [-0.05, 0) is 49.4 Å². The average Bonchev–Trinajstić information content (AvgIpc) is 2.78. The molecular formula is C15H20N2. The van der Waals surface area contributed by atoms with Crippen molar-refractivity contribution in [1.82, 2.24) is 4.40 Å². The van der Waals surface area contributed by atoms with Gasteiger partial charge in [0.1, 0.15) is 5.82 Å². The number of hydrogen-bond acceptors (Lipinski definition) is 1. The molecule has 3 heterocycles. The van der Waals surface area contributed by atoms with Gasteiger partial charge in [0.15, 0.2) is 0 Å². The second-order valence-electron chi connectivity index (χ2n) is 4.89. The van der Waals surface area contributed by atoms with Gasteiger partial charge in [0.2, 0.25) is 0 Å². The van der Waals surface area contributed by atoms with E-state index in [1.54, 1.807) is 0 Å². The molecular weight excluding hydrogens is 208 g/mol. The molecule has 0 spiro atoms. The lowest BCUT2D eigenvalue weighted by molar-refractivity contribution is 0.571. The molecule has 0 aliphatic carbocycles. The van der Waals surface area contributed by atoms with Crippen LogP contribution in [0.5, 0.6) is 0 Å². The highest BCUT2D eigenvalue weighted by Crippen LogP contribution is 2.28. The van der Waals surface area contributed by atoms with Crippen molar-refractivity contribution in [3.8, 4) is 0 Å². The Hall–Kier alpha value is -1.44. The van der Waals surface area contributed by atoms with Gasteiger partial charge in [-0.1, -0.05) is 13.0 Å². The SMILES string of the molecule is CCc1cc2ccccn2c1N1CCCCC1. The fourth-order valence-electron chi connectivity index (χ4n) is 2.89. The van der Waals surface area contributed by atoms with Crippen LogP contribution in [-0.4, -0.2) is 17.5 Å². The van der Waals surface area contributed by atoms with Crippen LogP contribution in [0, 0.1) is 0 Å². The second kappa shape index (κ2) is 4.44. The molecule has 0 amide bonds. The van der Waals surface area contributed by atoms with E-state index >= 15 is 0 Å². The molecule has 2 aromatic heterocycles. The van der Waals surface area contributed by atoms with Crippen LogP contribution in [0.25, 0.3) is 5.52 Å². The fourth-order valence-corrected chi connectivity index (χ4v) is 2.89. The number of fused-ring (bicyclic) bond motifs is 1. The molecule has 0 bridgehead atoms. The topological polar surface area (TPSA) is 7.65 Å². The standard InChI is InChI=1S/C15H20N2/c1-2-13-12-14-8-4-7-11-17(14)15(13)16-9-5-3-6-10-16/h4,7-8,11-12H,2-3,5-6,9-10H2,1H3. The lowest BCUT2D eigenvalue weighted by atomic mass is 10.1. The minimum absolute atomic E-state index is 1.12. The van der Waals surface area contributed by atoms with Crippen LogP contribution >= 0.6 is 0 Å². The highest BCUT2D eigenvalue weighted by molar-refractivity contribution is 5.64. The van der Waals surface area contributed by atoms with Crippen molar-refractivity contribution in [2.75, 3.05) is 18.0 Å². The molecule has 0 radical (unpaired) electrons. The second-order valence-corrected chi connectivity index (χ2v) is 4.89. The Bertz CT molecular complexity index is 507. The van der Waals surface area contributed by atoms with Crippen molar-refractivity contribution in [3.05, 3.63) is 36.0 Å². The van der Waals surface area contributed by atoms with Gasteiger partial charge in [0.05, 0.1) is 0 Å². The molecule has 90 valence electrons. The zero-order chi connectivity index (χ0) is 11.7. The predicted octanol–water partition coefficient (Wildman–Crippen LogP) is 3.49. The minimum Gasteiger partial charge on any atom is -0.358 e. The van der Waals surface area contributed by atoms with Crippen LogP contribution in [0.15, 0.2) is 30.5 Å². The number of pyridine rings is 1. The summed E-state index contributed by atoms with van der Waals surface area (Å²) in [6.07, 6.45) is 7.37. The Morgan fingerprint density at radius 2 is 1.94 bits per heavy atom. The number of piperidine rings is 1. The maximum absolute atomic E-state index is 2.56. The van der Waals surface area contributed by atoms with Crippen LogP contribution in [0.1, 0.15) is 31.7 Å². The first kappa shape index (κ1) is 10.7. The van der Waals surface area contributed by atoms with Crippen molar-refractivity contribution < 1.29 is 0 Å². The number of rotatable bonds is 2. The average molecular weight is 228 g/mol. The Morgan fingerprint density at radius 1 is 1.12 bits per heavy atom. The van der Waals surface area contributed by atoms with Gasteiger partial charge in [-0.2, -0.15) is 0 Å². The maximum atomic E-state index is 2.56. The first-order valence-electron chi connectivity index (χ1n) is 6.74. The van der Waals surface area contributed by atoms with E-state index in [4.69, 9.17) is 0 Å². The summed E-state index contributed by atoms with van der Waals surface area (Å²) in [6.45, 7) is 4.68. The van der Waals surface area contributed by atoms with Gasteiger partial charge in [-0.25, -0.2) is 0 Å². The maximum Gasteiger partial charge on any atom is 0.116 e. The summed E-state index contributed by atoms with van der Waals surface area (Å²) in [5.74, 6) is 1.43. The number of anilines is 1. The van der Waals surface area contributed by atoms with Crippen molar-refractivity contribution in [3.63, 3.8) is 0 Å². The predicted molar refractivity (Wildman–Crippen MR) is 72.8 cm³/mol. The zero-order valence-electron chi connectivity index (χ0n) is 10.5. The Balaban J connectivity index is 2.11. The van der Waals surface area contributed by atoms with Gasteiger partial charge in [0, 0.05) is 24.8 Å². The summed E-state index contributed by atoms with van der Waals surface area (Å²) in [4.78, 5) is 2.56. The molecule has 0 unspecified atom stereocenters. The van der Waals surface area contributed by atoms with Gasteiger partial charge in [0.25, 0.3) is 0 Å². The highest BCUT2D eigenvalue weighted by atomic mass is 15.2. The molecule has 2 nitrogen and oxygen atoms in total. The molecule has 17 heavy (non-hydrogen) atoms. The molecule has 1 fully saturated rings. The zero-order valence-corrected chi connectivity index (χ0v) is 10.5. The van der Waals surface area contributed by atoms with E-state index in [0.29, 0.717) is 0 Å². The van der Waals surface area contributed by atoms with E-state index in [0.717, 1.165) is 6.42 Å². The molecule has 3 rings (SSSR count). The Kier molecular flexibility index (Phi) is 2.79. The minimum atomic E-state index is 1.12. The normalized spacial score (nSPS) is 16.6. The van der Waals surface area contributed by atoms with Crippen molar-refractivity contribution in [2.45, 2.75) is 32.6 Å². The third-order valence-corrected chi connectivity index (χ3v) is 3.77. The lowest BCUT2D eigenvalue weighted by Crippen LogP contribution is -2.31. The van der Waals surface area contributed by atoms with E-state index in [1.165, 1.54) is 49.2 Å². The van der Waals surface area contributed by atoms with E-state index in [-0.39, 0.29) is 0 Å². The van der Waals surface area contributed by atoms with Crippen LogP contribution < -0.4 is 4.90 Å². The van der Waals surface area contributed by atoms with Gasteiger partial charge in [-0.15, -0.1) is 0 Å². The third kappa shape index (κ3) is 1.82. The number of aromatic nitrogens is 1. The van der Waals surface area contributed by atoms with Gasteiger partial charge >= 0.3 is 0 Å². The lowest BCUT2D eigenvalue weighted by Gasteiger charge is -2.29. The van der Waals surface area contributed by atoms with E-state index in [9.17, 15) is 0 Å². The number of nitrogens with zero attached hydrogens (tertiary/aromatic N) is 2. The molecule has 0 atom stereocenters. The number of aryl methyl sites for hydroxylation is 1. The van der Waals surface area contributed by atoms with Crippen molar-refractivity contribution in [1.29, 1.82) is 0 Å². The summed E-state index contributed by atoms with van der Waals surface area (Å²) in [7, 11) is 0. The van der Waals surface area contributed by atoms with E-state index in [1.807, 2.05) is 0 Å². The summed E-state index contributed by atoms with van der Waals surface area (Å²) >= 11 is 0. The molecule has 1 aliphatic rings. The fraction of sp³-hybridized carbons (Fsp3) is 0.467. The molecule has 0 aromatic carbocycles. The van der Waals surface area contributed by atoms with E-state index < -0.39 is 0 Å². The molecule has 0 N–H and O–H groups in total. The summed E-state index contributed by atoms with van der Waals surface area (Å²) in [5.41, 5.74) is 2.81. The first-order chi connectivity index (χ1) is 8.40. The molecule has 1 saturated heterocycles. The first-order valence-corrected chi connectivity index (χ1v) is 6.74. The Labute approximate surface area is 103 Å². The molecule has 0 saturated carbocycles. The molecule has 1 aliphatic heterocycles. The van der Waals surface area contributed by atoms with E-state index in [2.05, 4.69) is 46.7 Å². The Morgan fingerprint density at radius 3 is 2.71 bits per heavy atom. The van der Waals surface area contributed by atoms with Crippen LogP contribution in [0.3, 0.4) is 0 Å². The largest absolute Gasteiger partial charge is 0.358 e. The monoisotopic (exact) mass is 228 g/mol. The quantitative estimate of drug-likeness (QED) is 0.763. The summed E-state index contributed by atoms with van der Waals surface area (Å²) < 4.78 is 2.35. The summed E-state index contributed by atoms with van der Waals surface area (Å²) in [6, 6.07) is 8.78. The summed E-state index contributed by atoms with van der Waals surface area (Å²) in [5, 5.41) is 0. The third-order valence-electron chi connectivity index (χ3n) is 3.77.